The molecule has 292 valence electrons. The fraction of sp³-hybridized carbons (Fsp3) is 0.800. The van der Waals surface area contributed by atoms with Crippen molar-refractivity contribution in [2.45, 2.75) is 77.6 Å². The van der Waals surface area contributed by atoms with E-state index in [1.54, 1.807) is 0 Å². The molecule has 0 unspecified atom stereocenters. The van der Waals surface area contributed by atoms with Gasteiger partial charge < -0.3 is 42.6 Å². The standard InChI is InChI=1S/C35H57F5O10/c1-2-3-4-5-6-7-8-9-10-11-13-42-15-17-44-19-21-46-23-25-48-27-28-49-26-24-47-22-20-45-18-16-43-14-12-29(41)50-35-33(39)31(37)30(36)32(38)34(35)40/h2-28H2,1H3. The Balaban J connectivity index is 1.74. The van der Waals surface area contributed by atoms with Crippen molar-refractivity contribution >= 4 is 5.97 Å². The lowest BCUT2D eigenvalue weighted by Crippen LogP contribution is -2.16. The van der Waals surface area contributed by atoms with Gasteiger partial charge in [-0.15, -0.1) is 0 Å². The third kappa shape index (κ3) is 24.2. The number of halogens is 5. The Bertz CT molecular complexity index is 947. The smallest absolute Gasteiger partial charge is 0.313 e. The molecule has 1 aromatic rings. The largest absolute Gasteiger partial charge is 0.420 e. The van der Waals surface area contributed by atoms with E-state index in [0.29, 0.717) is 72.7 Å². The fourth-order valence-electron chi connectivity index (χ4n) is 4.33. The third-order valence-corrected chi connectivity index (χ3v) is 7.08. The van der Waals surface area contributed by atoms with Gasteiger partial charge in [-0.3, -0.25) is 4.79 Å². The van der Waals surface area contributed by atoms with Gasteiger partial charge in [-0.25, -0.2) is 13.2 Å². The molecular formula is C35H57F5O10. The van der Waals surface area contributed by atoms with Crippen LogP contribution in [0.3, 0.4) is 0 Å². The van der Waals surface area contributed by atoms with Crippen LogP contribution in [0.25, 0.3) is 0 Å². The number of carbonyl (C=O) groups is 1. The first kappa shape index (κ1) is 46.0. The molecule has 15 heteroatoms. The van der Waals surface area contributed by atoms with Crippen LogP contribution >= 0.6 is 0 Å². The number of benzene rings is 1. The van der Waals surface area contributed by atoms with Gasteiger partial charge >= 0.3 is 5.97 Å². The number of rotatable bonds is 36. The van der Waals surface area contributed by atoms with Gasteiger partial charge in [0.05, 0.1) is 106 Å². The van der Waals surface area contributed by atoms with Crippen LogP contribution in [0.4, 0.5) is 22.0 Å². The number of hydrogen-bond acceptors (Lipinski definition) is 10. The second-order valence-electron chi connectivity index (χ2n) is 11.2. The summed E-state index contributed by atoms with van der Waals surface area (Å²) in [5.74, 6) is -14.1. The highest BCUT2D eigenvalue weighted by atomic mass is 19.2. The van der Waals surface area contributed by atoms with Gasteiger partial charge in [-0.05, 0) is 6.42 Å². The summed E-state index contributed by atoms with van der Waals surface area (Å²) < 4.78 is 114. The van der Waals surface area contributed by atoms with E-state index in [4.69, 9.17) is 37.9 Å². The molecule has 0 heterocycles. The Hall–Kier alpha value is -1.98. The summed E-state index contributed by atoms with van der Waals surface area (Å²) in [7, 11) is 0. The van der Waals surface area contributed by atoms with Gasteiger partial charge in [0.25, 0.3) is 0 Å². The third-order valence-electron chi connectivity index (χ3n) is 7.08. The first-order valence-corrected chi connectivity index (χ1v) is 17.7. The van der Waals surface area contributed by atoms with Gasteiger partial charge in [0, 0.05) is 6.61 Å². The Kier molecular flexibility index (Phi) is 30.3. The zero-order chi connectivity index (χ0) is 36.5. The lowest BCUT2D eigenvalue weighted by molar-refractivity contribution is -0.136. The van der Waals surface area contributed by atoms with Crippen LogP contribution in [-0.2, 0) is 42.7 Å². The topological polar surface area (TPSA) is 100 Å². The SMILES string of the molecule is CCCCCCCCCCCCOCCOCCOCCOCCOCCOCCOCCOCCC(=O)Oc1c(F)c(F)c(F)c(F)c1F. The van der Waals surface area contributed by atoms with Gasteiger partial charge in [-0.2, -0.15) is 8.78 Å². The molecule has 0 saturated carbocycles. The van der Waals surface area contributed by atoms with Crippen LogP contribution in [0.5, 0.6) is 5.75 Å². The summed E-state index contributed by atoms with van der Waals surface area (Å²) in [6.07, 6.45) is 12.7. The lowest BCUT2D eigenvalue weighted by atomic mass is 10.1. The molecule has 0 radical (unpaired) electrons. The molecule has 0 aromatic heterocycles. The number of unbranched alkanes of at least 4 members (excludes halogenated alkanes) is 9. The van der Waals surface area contributed by atoms with Gasteiger partial charge in [0.1, 0.15) is 0 Å². The number of carbonyl (C=O) groups excluding carboxylic acids is 1. The molecule has 0 saturated heterocycles. The molecule has 0 bridgehead atoms. The minimum Gasteiger partial charge on any atom is -0.420 e. The molecule has 1 rings (SSSR count). The molecule has 0 atom stereocenters. The average molecular weight is 733 g/mol. The maximum atomic E-state index is 13.5. The van der Waals surface area contributed by atoms with Crippen LogP contribution in [-0.4, -0.2) is 112 Å². The van der Waals surface area contributed by atoms with E-state index in [2.05, 4.69) is 11.7 Å². The first-order chi connectivity index (χ1) is 24.4. The molecule has 50 heavy (non-hydrogen) atoms. The predicted molar refractivity (Wildman–Crippen MR) is 175 cm³/mol. The summed E-state index contributed by atoms with van der Waals surface area (Å²) in [6, 6.07) is 0. The highest BCUT2D eigenvalue weighted by molar-refractivity contribution is 5.72. The van der Waals surface area contributed by atoms with Crippen molar-refractivity contribution in [3.63, 3.8) is 0 Å². The minimum atomic E-state index is -2.34. The Labute approximate surface area is 293 Å². The van der Waals surface area contributed by atoms with E-state index in [0.717, 1.165) is 13.0 Å². The zero-order valence-corrected chi connectivity index (χ0v) is 29.6. The molecule has 0 fully saturated rings. The van der Waals surface area contributed by atoms with Crippen molar-refractivity contribution in [3.05, 3.63) is 29.1 Å². The molecule has 0 aliphatic rings. The monoisotopic (exact) mass is 732 g/mol. The summed E-state index contributed by atoms with van der Waals surface area (Å²) in [5, 5.41) is 0. The molecule has 0 amide bonds. The van der Waals surface area contributed by atoms with E-state index in [-0.39, 0.29) is 26.4 Å². The fourth-order valence-corrected chi connectivity index (χ4v) is 4.33. The van der Waals surface area contributed by atoms with Crippen molar-refractivity contribution in [1.29, 1.82) is 0 Å². The highest BCUT2D eigenvalue weighted by Crippen LogP contribution is 2.29. The van der Waals surface area contributed by atoms with E-state index in [9.17, 15) is 26.7 Å². The molecule has 0 aliphatic heterocycles. The van der Waals surface area contributed by atoms with Crippen molar-refractivity contribution < 1.29 is 69.4 Å². The number of ether oxygens (including phenoxy) is 9. The Morgan fingerprint density at radius 1 is 0.380 bits per heavy atom. The van der Waals surface area contributed by atoms with Crippen LogP contribution in [0.1, 0.15) is 77.6 Å². The van der Waals surface area contributed by atoms with Crippen LogP contribution in [0, 0.1) is 29.1 Å². The van der Waals surface area contributed by atoms with Gasteiger partial charge in [0.2, 0.25) is 34.8 Å². The summed E-state index contributed by atoms with van der Waals surface area (Å²) in [6.45, 7) is 8.47. The van der Waals surface area contributed by atoms with Crippen molar-refractivity contribution in [2.75, 3.05) is 106 Å². The molecule has 0 N–H and O–H groups in total. The average Bonchev–Trinajstić information content (AvgIpc) is 3.11. The number of esters is 1. The summed E-state index contributed by atoms with van der Waals surface area (Å²) >= 11 is 0. The lowest BCUT2D eigenvalue weighted by Gasteiger charge is -2.09. The Morgan fingerprint density at radius 2 is 0.660 bits per heavy atom. The summed E-state index contributed by atoms with van der Waals surface area (Å²) in [5.41, 5.74) is 0. The molecular weight excluding hydrogens is 675 g/mol. The minimum absolute atomic E-state index is 0.0900. The van der Waals surface area contributed by atoms with Crippen LogP contribution < -0.4 is 4.74 Å². The molecule has 0 aliphatic carbocycles. The van der Waals surface area contributed by atoms with Crippen molar-refractivity contribution in [1.82, 2.24) is 0 Å². The van der Waals surface area contributed by atoms with E-state index >= 15 is 0 Å². The zero-order valence-electron chi connectivity index (χ0n) is 29.6. The molecule has 10 nitrogen and oxygen atoms in total. The summed E-state index contributed by atoms with van der Waals surface area (Å²) in [4.78, 5) is 11.6. The highest BCUT2D eigenvalue weighted by Gasteiger charge is 2.28. The second kappa shape index (κ2) is 32.9. The van der Waals surface area contributed by atoms with Crippen molar-refractivity contribution in [3.8, 4) is 5.75 Å². The van der Waals surface area contributed by atoms with E-state index in [1.165, 1.54) is 57.8 Å². The number of hydrogen-bond donors (Lipinski definition) is 0. The van der Waals surface area contributed by atoms with Gasteiger partial charge in [-0.1, -0.05) is 64.7 Å². The normalized spacial score (nSPS) is 11.5. The quantitative estimate of drug-likeness (QED) is 0.0185. The first-order valence-electron chi connectivity index (χ1n) is 17.7. The second-order valence-corrected chi connectivity index (χ2v) is 11.2. The van der Waals surface area contributed by atoms with E-state index < -0.39 is 47.2 Å². The predicted octanol–water partition coefficient (Wildman–Crippen LogP) is 6.73. The van der Waals surface area contributed by atoms with Crippen LogP contribution in [0.15, 0.2) is 0 Å². The molecule has 1 aromatic carbocycles. The van der Waals surface area contributed by atoms with E-state index in [1.807, 2.05) is 0 Å². The van der Waals surface area contributed by atoms with Gasteiger partial charge in [0.15, 0.2) is 0 Å². The van der Waals surface area contributed by atoms with Crippen molar-refractivity contribution in [2.24, 2.45) is 0 Å². The maximum absolute atomic E-state index is 13.5. The maximum Gasteiger partial charge on any atom is 0.313 e. The van der Waals surface area contributed by atoms with Crippen LogP contribution in [0.2, 0.25) is 0 Å². The Morgan fingerprint density at radius 3 is 1.02 bits per heavy atom. The molecule has 0 spiro atoms.